The Balaban J connectivity index is 2.64. The minimum atomic E-state index is -0.461. The molecule has 17 heavy (non-hydrogen) atoms. The van der Waals surface area contributed by atoms with Crippen molar-refractivity contribution in [3.63, 3.8) is 0 Å². The van der Waals surface area contributed by atoms with Crippen LogP contribution in [-0.2, 0) is 4.79 Å². The molecule has 5 heteroatoms. The fraction of sp³-hybridized carbons (Fsp3) is 0.250. The summed E-state index contributed by atoms with van der Waals surface area (Å²) in [5.41, 5.74) is 5.96. The van der Waals surface area contributed by atoms with Crippen molar-refractivity contribution in [3.8, 4) is 6.07 Å². The van der Waals surface area contributed by atoms with Crippen LogP contribution in [0.1, 0.15) is 29.3 Å². The van der Waals surface area contributed by atoms with Crippen molar-refractivity contribution in [2.24, 2.45) is 5.73 Å². The molecular formula is C12H13N3O2. The maximum absolute atomic E-state index is 11.7. The number of nitrogens with two attached hydrogens (primary N) is 1. The molecule has 2 amide bonds. The maximum atomic E-state index is 11.7. The summed E-state index contributed by atoms with van der Waals surface area (Å²) in [6.45, 7) is 1.70. The van der Waals surface area contributed by atoms with Crippen molar-refractivity contribution >= 4 is 11.8 Å². The lowest BCUT2D eigenvalue weighted by Crippen LogP contribution is -2.35. The summed E-state index contributed by atoms with van der Waals surface area (Å²) in [7, 11) is 0. The molecule has 0 bridgehead atoms. The van der Waals surface area contributed by atoms with E-state index < -0.39 is 5.91 Å². The molecular weight excluding hydrogens is 218 g/mol. The fourth-order valence-electron chi connectivity index (χ4n) is 1.36. The van der Waals surface area contributed by atoms with Gasteiger partial charge in [-0.25, -0.2) is 0 Å². The molecule has 0 fully saturated rings. The van der Waals surface area contributed by atoms with Gasteiger partial charge >= 0.3 is 0 Å². The van der Waals surface area contributed by atoms with Crippen molar-refractivity contribution < 1.29 is 9.59 Å². The predicted molar refractivity (Wildman–Crippen MR) is 61.9 cm³/mol. The van der Waals surface area contributed by atoms with Crippen LogP contribution in [0.15, 0.2) is 24.3 Å². The standard InChI is InChI=1S/C12H13N3O2/c1-8(6-11(14)16)15-12(17)10-4-2-9(7-13)3-5-10/h2-5,8H,6H2,1H3,(H2,14,16)(H,15,17). The first-order valence-corrected chi connectivity index (χ1v) is 5.12. The number of amides is 2. The second-order valence-electron chi connectivity index (χ2n) is 3.73. The van der Waals surface area contributed by atoms with E-state index in [4.69, 9.17) is 11.0 Å². The first-order chi connectivity index (χ1) is 8.02. The highest BCUT2D eigenvalue weighted by Gasteiger charge is 2.11. The van der Waals surface area contributed by atoms with Gasteiger partial charge in [0.1, 0.15) is 0 Å². The average molecular weight is 231 g/mol. The third kappa shape index (κ3) is 3.95. The molecule has 0 saturated carbocycles. The first kappa shape index (κ1) is 12.7. The summed E-state index contributed by atoms with van der Waals surface area (Å²) < 4.78 is 0. The number of rotatable bonds is 4. The lowest BCUT2D eigenvalue weighted by atomic mass is 10.1. The van der Waals surface area contributed by atoms with Crippen molar-refractivity contribution in [1.29, 1.82) is 5.26 Å². The fourth-order valence-corrected chi connectivity index (χ4v) is 1.36. The Morgan fingerprint density at radius 3 is 2.47 bits per heavy atom. The van der Waals surface area contributed by atoms with Crippen LogP contribution < -0.4 is 11.1 Å². The third-order valence-corrected chi connectivity index (χ3v) is 2.16. The van der Waals surface area contributed by atoms with Crippen molar-refractivity contribution in [2.45, 2.75) is 19.4 Å². The Morgan fingerprint density at radius 2 is 2.00 bits per heavy atom. The number of hydrogen-bond donors (Lipinski definition) is 2. The van der Waals surface area contributed by atoms with Crippen LogP contribution >= 0.6 is 0 Å². The molecule has 0 radical (unpaired) electrons. The summed E-state index contributed by atoms with van der Waals surface area (Å²) in [6.07, 6.45) is 0.0992. The largest absolute Gasteiger partial charge is 0.370 e. The van der Waals surface area contributed by atoms with Crippen LogP contribution in [0.25, 0.3) is 0 Å². The van der Waals surface area contributed by atoms with E-state index in [-0.39, 0.29) is 18.4 Å². The van der Waals surface area contributed by atoms with Gasteiger partial charge < -0.3 is 11.1 Å². The number of nitrogens with zero attached hydrogens (tertiary/aromatic N) is 1. The lowest BCUT2D eigenvalue weighted by Gasteiger charge is -2.11. The summed E-state index contributed by atoms with van der Waals surface area (Å²) in [5, 5.41) is 11.3. The summed E-state index contributed by atoms with van der Waals surface area (Å²) >= 11 is 0. The zero-order valence-corrected chi connectivity index (χ0v) is 9.43. The van der Waals surface area contributed by atoms with Gasteiger partial charge in [0.2, 0.25) is 5.91 Å². The Bertz CT molecular complexity index is 460. The highest BCUT2D eigenvalue weighted by atomic mass is 16.2. The highest BCUT2D eigenvalue weighted by molar-refractivity contribution is 5.94. The highest BCUT2D eigenvalue weighted by Crippen LogP contribution is 2.04. The normalized spacial score (nSPS) is 11.3. The number of nitriles is 1. The van der Waals surface area contributed by atoms with Crippen molar-refractivity contribution in [3.05, 3.63) is 35.4 Å². The summed E-state index contributed by atoms with van der Waals surface area (Å²) in [6, 6.07) is 7.90. The third-order valence-electron chi connectivity index (χ3n) is 2.16. The van der Waals surface area contributed by atoms with Crippen LogP contribution in [0.3, 0.4) is 0 Å². The second-order valence-corrected chi connectivity index (χ2v) is 3.73. The van der Waals surface area contributed by atoms with Crippen molar-refractivity contribution in [2.75, 3.05) is 0 Å². The Hall–Kier alpha value is -2.35. The molecule has 0 heterocycles. The molecule has 1 aromatic carbocycles. The zero-order valence-electron chi connectivity index (χ0n) is 9.43. The molecule has 5 nitrogen and oxygen atoms in total. The van der Waals surface area contributed by atoms with E-state index in [9.17, 15) is 9.59 Å². The monoisotopic (exact) mass is 231 g/mol. The van der Waals surface area contributed by atoms with E-state index in [1.807, 2.05) is 6.07 Å². The molecule has 1 aromatic rings. The van der Waals surface area contributed by atoms with Gasteiger partial charge in [-0.1, -0.05) is 0 Å². The minimum Gasteiger partial charge on any atom is -0.370 e. The Labute approximate surface area is 99.2 Å². The van der Waals surface area contributed by atoms with Gasteiger partial charge in [-0.05, 0) is 31.2 Å². The number of primary amides is 1. The van der Waals surface area contributed by atoms with E-state index in [0.717, 1.165) is 0 Å². The molecule has 1 atom stereocenters. The number of benzene rings is 1. The molecule has 0 aliphatic heterocycles. The molecule has 0 spiro atoms. The zero-order chi connectivity index (χ0) is 12.8. The first-order valence-electron chi connectivity index (χ1n) is 5.12. The molecule has 1 rings (SSSR count). The van der Waals surface area contributed by atoms with E-state index >= 15 is 0 Å². The quantitative estimate of drug-likeness (QED) is 0.792. The van der Waals surface area contributed by atoms with E-state index in [1.165, 1.54) is 0 Å². The maximum Gasteiger partial charge on any atom is 0.251 e. The SMILES string of the molecule is CC(CC(N)=O)NC(=O)c1ccc(C#N)cc1. The predicted octanol–water partition coefficient (Wildman–Crippen LogP) is 0.552. The molecule has 3 N–H and O–H groups in total. The van der Waals surface area contributed by atoms with Gasteiger partial charge in [0.15, 0.2) is 0 Å². The van der Waals surface area contributed by atoms with Crippen LogP contribution in [0.4, 0.5) is 0 Å². The molecule has 1 unspecified atom stereocenters. The molecule has 0 aliphatic carbocycles. The van der Waals surface area contributed by atoms with E-state index in [0.29, 0.717) is 11.1 Å². The lowest BCUT2D eigenvalue weighted by molar-refractivity contribution is -0.118. The smallest absolute Gasteiger partial charge is 0.251 e. The summed E-state index contributed by atoms with van der Waals surface area (Å²) in [5.74, 6) is -0.749. The average Bonchev–Trinajstić information content (AvgIpc) is 2.28. The van der Waals surface area contributed by atoms with E-state index in [2.05, 4.69) is 5.32 Å². The van der Waals surface area contributed by atoms with Gasteiger partial charge in [0, 0.05) is 18.0 Å². The van der Waals surface area contributed by atoms with Crippen LogP contribution in [-0.4, -0.2) is 17.9 Å². The summed E-state index contributed by atoms with van der Waals surface area (Å²) in [4.78, 5) is 22.3. The molecule has 0 aromatic heterocycles. The molecule has 88 valence electrons. The number of nitrogens with one attached hydrogen (secondary N) is 1. The Kier molecular flexibility index (Phi) is 4.23. The molecule has 0 aliphatic rings. The number of carbonyl (C=O) groups excluding carboxylic acids is 2. The van der Waals surface area contributed by atoms with Gasteiger partial charge in [0.25, 0.3) is 5.91 Å². The van der Waals surface area contributed by atoms with Crippen LogP contribution in [0.2, 0.25) is 0 Å². The van der Waals surface area contributed by atoms with Crippen molar-refractivity contribution in [1.82, 2.24) is 5.32 Å². The minimum absolute atomic E-state index is 0.0992. The second kappa shape index (κ2) is 5.66. The number of carbonyl (C=O) groups is 2. The Morgan fingerprint density at radius 1 is 1.41 bits per heavy atom. The van der Waals surface area contributed by atoms with Crippen LogP contribution in [0, 0.1) is 11.3 Å². The van der Waals surface area contributed by atoms with Crippen LogP contribution in [0.5, 0.6) is 0 Å². The van der Waals surface area contributed by atoms with Gasteiger partial charge in [-0.15, -0.1) is 0 Å². The molecule has 0 saturated heterocycles. The number of hydrogen-bond acceptors (Lipinski definition) is 3. The van der Waals surface area contributed by atoms with Gasteiger partial charge in [0.05, 0.1) is 11.6 Å². The van der Waals surface area contributed by atoms with Gasteiger partial charge in [-0.2, -0.15) is 5.26 Å². The topological polar surface area (TPSA) is 96.0 Å². The van der Waals surface area contributed by atoms with Gasteiger partial charge in [-0.3, -0.25) is 9.59 Å². The van der Waals surface area contributed by atoms with E-state index in [1.54, 1.807) is 31.2 Å².